The van der Waals surface area contributed by atoms with Gasteiger partial charge < -0.3 is 15.5 Å². The van der Waals surface area contributed by atoms with E-state index in [0.717, 1.165) is 17.3 Å². The number of methoxy groups -OCH3 is 1. The van der Waals surface area contributed by atoms with E-state index in [1.54, 1.807) is 12.4 Å². The van der Waals surface area contributed by atoms with Gasteiger partial charge in [0.05, 0.1) is 30.6 Å². The fraction of sp³-hybridized carbons (Fsp3) is 0.150. The van der Waals surface area contributed by atoms with Crippen molar-refractivity contribution in [2.75, 3.05) is 13.7 Å². The number of amidine groups is 1. The van der Waals surface area contributed by atoms with E-state index in [0.29, 0.717) is 29.7 Å². The van der Waals surface area contributed by atoms with Gasteiger partial charge >= 0.3 is 0 Å². The molecular formula is C20H17F2N5O. The Morgan fingerprint density at radius 1 is 1.18 bits per heavy atom. The van der Waals surface area contributed by atoms with Crippen molar-refractivity contribution in [2.45, 2.75) is 5.92 Å². The lowest BCUT2D eigenvalue weighted by Gasteiger charge is -2.18. The molecule has 4 rings (SSSR count). The summed E-state index contributed by atoms with van der Waals surface area (Å²) in [6.07, 6.45) is 5.16. The number of nitrogens with zero attached hydrogens (tertiary/aromatic N) is 3. The minimum Gasteiger partial charge on any atom is -0.493 e. The van der Waals surface area contributed by atoms with Gasteiger partial charge in [-0.3, -0.25) is 9.98 Å². The number of dihydropyridines is 1. The van der Waals surface area contributed by atoms with Crippen LogP contribution in [0.4, 0.5) is 8.78 Å². The Morgan fingerprint density at radius 2 is 1.96 bits per heavy atom. The van der Waals surface area contributed by atoms with E-state index in [9.17, 15) is 8.78 Å². The normalized spacial score (nSPS) is 16.5. The predicted molar refractivity (Wildman–Crippen MR) is 101 cm³/mol. The Balaban J connectivity index is 1.85. The average Bonchev–Trinajstić information content (AvgIpc) is 3.14. The number of hydrogen-bond donors (Lipinski definition) is 2. The van der Waals surface area contributed by atoms with Gasteiger partial charge in [-0.25, -0.2) is 13.8 Å². The van der Waals surface area contributed by atoms with Crippen LogP contribution >= 0.6 is 0 Å². The summed E-state index contributed by atoms with van der Waals surface area (Å²) < 4.78 is 32.9. The number of rotatable bonds is 4. The molecule has 0 radical (unpaired) electrons. The first-order valence-electron chi connectivity index (χ1n) is 8.58. The van der Waals surface area contributed by atoms with E-state index in [-0.39, 0.29) is 11.5 Å². The molecule has 0 saturated carbocycles. The summed E-state index contributed by atoms with van der Waals surface area (Å²) in [5.74, 6) is -0.438. The molecule has 0 aliphatic carbocycles. The van der Waals surface area contributed by atoms with Crippen LogP contribution in [0, 0.1) is 11.6 Å². The SMILES string of the molecule is COC1=CC(c2[nH]c(-c3ccc(F)cc3F)nc2-c2ccncc2)CN=C1N. The Hall–Kier alpha value is -3.55. The predicted octanol–water partition coefficient (Wildman–Crippen LogP) is 3.40. The molecule has 3 heterocycles. The Kier molecular flexibility index (Phi) is 4.60. The molecule has 3 N–H and O–H groups in total. The lowest BCUT2D eigenvalue weighted by Crippen LogP contribution is -2.23. The maximum Gasteiger partial charge on any atom is 0.161 e. The standard InChI is InChI=1S/C20H17F2N5O/c1-28-16-8-12(10-25-19(16)23)18-17(11-4-6-24-7-5-11)26-20(27-18)14-3-2-13(21)9-15(14)22/h2-9,12H,10H2,1H3,(H2,23,25)(H,26,27). The number of hydrogen-bond acceptors (Lipinski definition) is 5. The van der Waals surface area contributed by atoms with Gasteiger partial charge in [0.25, 0.3) is 0 Å². The zero-order valence-corrected chi connectivity index (χ0v) is 15.0. The molecule has 142 valence electrons. The van der Waals surface area contributed by atoms with Crippen LogP contribution in [-0.2, 0) is 4.74 Å². The van der Waals surface area contributed by atoms with Gasteiger partial charge in [0.2, 0.25) is 0 Å². The molecule has 1 atom stereocenters. The largest absolute Gasteiger partial charge is 0.493 e. The number of pyridine rings is 1. The number of aliphatic imine (C=N–C) groups is 1. The number of nitrogens with one attached hydrogen (secondary N) is 1. The summed E-state index contributed by atoms with van der Waals surface area (Å²) in [4.78, 5) is 16.1. The molecule has 3 aromatic rings. The van der Waals surface area contributed by atoms with Gasteiger partial charge in [0.1, 0.15) is 17.5 Å². The fourth-order valence-electron chi connectivity index (χ4n) is 3.14. The van der Waals surface area contributed by atoms with Gasteiger partial charge in [-0.1, -0.05) is 0 Å². The first-order chi connectivity index (χ1) is 13.6. The molecule has 0 spiro atoms. The number of imidazole rings is 1. The van der Waals surface area contributed by atoms with Crippen molar-refractivity contribution in [1.29, 1.82) is 0 Å². The molecule has 1 aliphatic heterocycles. The number of halogens is 2. The van der Waals surface area contributed by atoms with Crippen LogP contribution in [0.3, 0.4) is 0 Å². The van der Waals surface area contributed by atoms with Crippen molar-refractivity contribution in [2.24, 2.45) is 10.7 Å². The lowest BCUT2D eigenvalue weighted by molar-refractivity contribution is 0.309. The highest BCUT2D eigenvalue weighted by atomic mass is 19.1. The van der Waals surface area contributed by atoms with E-state index in [1.807, 2.05) is 18.2 Å². The van der Waals surface area contributed by atoms with Crippen LogP contribution in [-0.4, -0.2) is 34.4 Å². The number of aromatic amines is 1. The smallest absolute Gasteiger partial charge is 0.161 e. The molecule has 0 saturated heterocycles. The van der Waals surface area contributed by atoms with Crippen LogP contribution in [0.25, 0.3) is 22.6 Å². The van der Waals surface area contributed by atoms with E-state index < -0.39 is 11.6 Å². The van der Waals surface area contributed by atoms with Crippen molar-refractivity contribution in [3.8, 4) is 22.6 Å². The van der Waals surface area contributed by atoms with Crippen molar-refractivity contribution in [3.63, 3.8) is 0 Å². The third kappa shape index (κ3) is 3.24. The van der Waals surface area contributed by atoms with E-state index in [1.165, 1.54) is 19.2 Å². The fourth-order valence-corrected chi connectivity index (χ4v) is 3.14. The number of nitrogens with two attached hydrogens (primary N) is 1. The van der Waals surface area contributed by atoms with Crippen molar-refractivity contribution in [3.05, 3.63) is 71.9 Å². The molecule has 0 bridgehead atoms. The maximum atomic E-state index is 14.3. The number of benzene rings is 1. The van der Waals surface area contributed by atoms with Gasteiger partial charge in [0, 0.05) is 29.9 Å². The molecule has 0 amide bonds. The number of H-pyrrole nitrogens is 1. The minimum absolute atomic E-state index is 0.178. The molecule has 1 aromatic carbocycles. The third-order valence-corrected chi connectivity index (χ3v) is 4.53. The van der Waals surface area contributed by atoms with Crippen molar-refractivity contribution in [1.82, 2.24) is 15.0 Å². The van der Waals surface area contributed by atoms with Crippen LogP contribution < -0.4 is 5.73 Å². The zero-order chi connectivity index (χ0) is 19.7. The van der Waals surface area contributed by atoms with E-state index >= 15 is 0 Å². The first-order valence-corrected chi connectivity index (χ1v) is 8.58. The number of aromatic nitrogens is 3. The van der Waals surface area contributed by atoms with Crippen LogP contribution in [0.5, 0.6) is 0 Å². The Morgan fingerprint density at radius 3 is 2.68 bits per heavy atom. The second-order valence-corrected chi connectivity index (χ2v) is 6.28. The number of ether oxygens (including phenoxy) is 1. The van der Waals surface area contributed by atoms with Gasteiger partial charge in [-0.2, -0.15) is 0 Å². The summed E-state index contributed by atoms with van der Waals surface area (Å²) in [6.45, 7) is 0.393. The monoisotopic (exact) mass is 381 g/mol. The first kappa shape index (κ1) is 17.8. The van der Waals surface area contributed by atoms with E-state index in [2.05, 4.69) is 19.9 Å². The molecule has 8 heteroatoms. The van der Waals surface area contributed by atoms with Crippen LogP contribution in [0.1, 0.15) is 11.6 Å². The average molecular weight is 381 g/mol. The van der Waals surface area contributed by atoms with Gasteiger partial charge in [0.15, 0.2) is 11.6 Å². The van der Waals surface area contributed by atoms with Gasteiger partial charge in [-0.05, 0) is 30.3 Å². The second-order valence-electron chi connectivity index (χ2n) is 6.28. The molecule has 28 heavy (non-hydrogen) atoms. The molecular weight excluding hydrogens is 364 g/mol. The molecule has 1 unspecified atom stereocenters. The summed E-state index contributed by atoms with van der Waals surface area (Å²) >= 11 is 0. The lowest BCUT2D eigenvalue weighted by atomic mass is 9.98. The summed E-state index contributed by atoms with van der Waals surface area (Å²) in [7, 11) is 1.52. The highest BCUT2D eigenvalue weighted by molar-refractivity contribution is 5.96. The van der Waals surface area contributed by atoms with Crippen LogP contribution in [0.2, 0.25) is 0 Å². The summed E-state index contributed by atoms with van der Waals surface area (Å²) in [5.41, 5.74) is 8.20. The van der Waals surface area contributed by atoms with Crippen molar-refractivity contribution >= 4 is 5.84 Å². The summed E-state index contributed by atoms with van der Waals surface area (Å²) in [5, 5.41) is 0. The topological polar surface area (TPSA) is 89.2 Å². The third-order valence-electron chi connectivity index (χ3n) is 4.53. The van der Waals surface area contributed by atoms with Gasteiger partial charge in [-0.15, -0.1) is 0 Å². The summed E-state index contributed by atoms with van der Waals surface area (Å²) in [6, 6.07) is 7.01. The quantitative estimate of drug-likeness (QED) is 0.725. The molecule has 2 aromatic heterocycles. The Bertz CT molecular complexity index is 1080. The molecule has 6 nitrogen and oxygen atoms in total. The maximum absolute atomic E-state index is 14.3. The minimum atomic E-state index is -0.694. The Labute approximate surface area is 159 Å². The van der Waals surface area contributed by atoms with Crippen molar-refractivity contribution < 1.29 is 13.5 Å². The molecule has 1 aliphatic rings. The molecule has 0 fully saturated rings. The second kappa shape index (κ2) is 7.22. The zero-order valence-electron chi connectivity index (χ0n) is 15.0. The van der Waals surface area contributed by atoms with E-state index in [4.69, 9.17) is 10.5 Å². The highest BCUT2D eigenvalue weighted by Gasteiger charge is 2.25. The van der Waals surface area contributed by atoms with Crippen LogP contribution in [0.15, 0.2) is 59.6 Å². The highest BCUT2D eigenvalue weighted by Crippen LogP contribution is 2.34.